The van der Waals surface area contributed by atoms with Crippen molar-refractivity contribution >= 4 is 23.7 Å². The third-order valence-electron chi connectivity index (χ3n) is 8.36. The number of carboxylic acids is 1. The fraction of sp³-hybridized carbons (Fsp3) is 0.500. The van der Waals surface area contributed by atoms with Gasteiger partial charge in [0.1, 0.15) is 12.3 Å². The fourth-order valence-electron chi connectivity index (χ4n) is 5.80. The molecule has 3 aromatic rings. The summed E-state index contributed by atoms with van der Waals surface area (Å²) < 4.78 is 141. The van der Waals surface area contributed by atoms with Crippen LogP contribution in [0.1, 0.15) is 79.6 Å². The summed E-state index contributed by atoms with van der Waals surface area (Å²) in [6.07, 6.45) is -13.1. The number of methoxy groups -OCH3 is 1. The first-order chi connectivity index (χ1) is 25.3. The Hall–Kier alpha value is -4.88. The van der Waals surface area contributed by atoms with Gasteiger partial charge in [0.2, 0.25) is 5.95 Å². The molecular weight excluding hydrogens is 745 g/mol. The number of anilines is 2. The van der Waals surface area contributed by atoms with Gasteiger partial charge in [0.25, 0.3) is 0 Å². The number of pyridine rings is 1. The fourth-order valence-corrected chi connectivity index (χ4v) is 5.80. The second kappa shape index (κ2) is 17.5. The van der Waals surface area contributed by atoms with Crippen molar-refractivity contribution in [3.8, 4) is 5.75 Å². The average molecular weight is 782 g/mol. The monoisotopic (exact) mass is 781 g/mol. The van der Waals surface area contributed by atoms with Gasteiger partial charge in [0.05, 0.1) is 54.2 Å². The van der Waals surface area contributed by atoms with Crippen LogP contribution in [0.5, 0.6) is 5.75 Å². The summed E-state index contributed by atoms with van der Waals surface area (Å²) in [6.45, 7) is 0.995. The summed E-state index contributed by atoms with van der Waals surface area (Å²) in [7, 11) is 1.43. The van der Waals surface area contributed by atoms with E-state index in [2.05, 4.69) is 15.0 Å². The number of carbonyl (C=O) groups excluding carboxylic acids is 1. The number of aromatic nitrogens is 3. The van der Waals surface area contributed by atoms with Crippen LogP contribution in [-0.2, 0) is 39.3 Å². The Labute approximate surface area is 303 Å². The van der Waals surface area contributed by atoms with Crippen LogP contribution in [0.2, 0.25) is 0 Å². The molecule has 4 rings (SSSR count). The van der Waals surface area contributed by atoms with Crippen LogP contribution in [0.3, 0.4) is 0 Å². The summed E-state index contributed by atoms with van der Waals surface area (Å²) in [5.74, 6) is -1.19. The highest BCUT2D eigenvalue weighted by Gasteiger charge is 2.44. The lowest BCUT2D eigenvalue weighted by Gasteiger charge is -2.43. The number of benzene rings is 1. The van der Waals surface area contributed by atoms with E-state index in [9.17, 15) is 49.1 Å². The molecule has 0 fully saturated rings. The number of rotatable bonds is 15. The second-order valence-corrected chi connectivity index (χ2v) is 12.2. The topological polar surface area (TPSA) is 127 Å². The first kappa shape index (κ1) is 41.9. The van der Waals surface area contributed by atoms with Crippen molar-refractivity contribution in [1.29, 1.82) is 0 Å². The van der Waals surface area contributed by atoms with Gasteiger partial charge in [-0.25, -0.2) is 19.7 Å². The van der Waals surface area contributed by atoms with Crippen molar-refractivity contribution in [1.82, 2.24) is 15.0 Å². The van der Waals surface area contributed by atoms with Gasteiger partial charge in [0.15, 0.2) is 5.75 Å². The number of amides is 1. The molecule has 1 amide bonds. The molecule has 1 aliphatic rings. The van der Waals surface area contributed by atoms with Crippen molar-refractivity contribution in [2.75, 3.05) is 36.7 Å². The molecule has 0 aliphatic carbocycles. The number of hydrogen-bond donors (Lipinski definition) is 1. The minimum atomic E-state index is -5.19. The Morgan fingerprint density at radius 2 is 1.54 bits per heavy atom. The predicted molar refractivity (Wildman–Crippen MR) is 173 cm³/mol. The molecule has 11 nitrogen and oxygen atoms in total. The maximum absolute atomic E-state index is 14.1. The van der Waals surface area contributed by atoms with E-state index < -0.39 is 71.6 Å². The highest BCUT2D eigenvalue weighted by atomic mass is 19.4. The highest BCUT2D eigenvalue weighted by Crippen LogP contribution is 2.45. The van der Waals surface area contributed by atoms with Gasteiger partial charge in [0, 0.05) is 26.1 Å². The van der Waals surface area contributed by atoms with E-state index in [-0.39, 0.29) is 74.6 Å². The number of fused-ring (bicyclic) bond motifs is 1. The molecule has 0 spiro atoms. The van der Waals surface area contributed by atoms with E-state index in [1.54, 1.807) is 6.92 Å². The number of nitrogens with zero attached hydrogens (tertiary/aromatic N) is 5. The van der Waals surface area contributed by atoms with E-state index >= 15 is 0 Å². The van der Waals surface area contributed by atoms with Crippen molar-refractivity contribution in [3.63, 3.8) is 0 Å². The number of carbonyl (C=O) groups is 2. The van der Waals surface area contributed by atoms with Crippen LogP contribution in [0.15, 0.2) is 42.7 Å². The normalized spacial score (nSPS) is 16.2. The largest absolute Gasteiger partial charge is 0.488 e. The summed E-state index contributed by atoms with van der Waals surface area (Å²) in [5, 5.41) is 8.82. The molecule has 3 heterocycles. The third-order valence-corrected chi connectivity index (χ3v) is 8.36. The van der Waals surface area contributed by atoms with Crippen LogP contribution in [-0.4, -0.2) is 65.1 Å². The number of carboxylic acid groups (broad SMARTS) is 1. The molecule has 0 saturated heterocycles. The first-order valence-electron chi connectivity index (χ1n) is 16.6. The third kappa shape index (κ3) is 10.8. The Morgan fingerprint density at radius 3 is 2.09 bits per heavy atom. The quantitative estimate of drug-likeness (QED) is 0.119. The van der Waals surface area contributed by atoms with Crippen LogP contribution >= 0.6 is 0 Å². The maximum Gasteiger partial charge on any atom is 0.433 e. The number of alkyl halides is 9. The molecule has 1 N–H and O–H groups in total. The van der Waals surface area contributed by atoms with E-state index in [1.165, 1.54) is 19.5 Å². The number of aliphatic carboxylic acids is 1. The number of halogens is 9. The van der Waals surface area contributed by atoms with Gasteiger partial charge >= 0.3 is 30.6 Å². The van der Waals surface area contributed by atoms with Crippen molar-refractivity contribution in [2.45, 2.75) is 82.6 Å². The molecule has 2 atom stereocenters. The Bertz CT molecular complexity index is 1710. The molecule has 0 radical (unpaired) electrons. The Kier molecular flexibility index (Phi) is 13.6. The smallest absolute Gasteiger partial charge is 0.433 e. The molecule has 0 saturated carbocycles. The molecule has 0 bridgehead atoms. The van der Waals surface area contributed by atoms with Crippen molar-refractivity contribution in [3.05, 3.63) is 70.8 Å². The molecule has 2 aromatic heterocycles. The zero-order valence-corrected chi connectivity index (χ0v) is 28.9. The highest BCUT2D eigenvalue weighted by molar-refractivity contribution is 5.90. The first-order valence-corrected chi connectivity index (χ1v) is 16.6. The lowest BCUT2D eigenvalue weighted by atomic mass is 9.91. The van der Waals surface area contributed by atoms with Crippen LogP contribution in [0.4, 0.5) is 55.9 Å². The van der Waals surface area contributed by atoms with Gasteiger partial charge in [-0.2, -0.15) is 39.5 Å². The molecule has 1 aliphatic heterocycles. The minimum absolute atomic E-state index is 0.0493. The molecule has 54 heavy (non-hydrogen) atoms. The standard InChI is InChI=1S/C34H36F9N5O6/c1-3-23-16-26(29-25(8-9-27(46-29)34(41,42)43)48(23)31(51)54-10-6-4-5-7-28(49)50)47(30-44-17-24(18-45-30)53-12-11-52-2)19-20-13-21(32(35,36)37)15-22(14-20)33(38,39)40/h8-9,13-15,17-18,23,26H,3-7,10-12,16,19H2,1-2H3,(H,49,50)/t23-,26-/m1/s1. The van der Waals surface area contributed by atoms with E-state index in [0.717, 1.165) is 15.9 Å². The second-order valence-electron chi connectivity index (χ2n) is 12.2. The summed E-state index contributed by atoms with van der Waals surface area (Å²) in [4.78, 5) is 38.8. The molecule has 1 aromatic carbocycles. The zero-order valence-electron chi connectivity index (χ0n) is 28.9. The molecular formula is C34H36F9N5O6. The van der Waals surface area contributed by atoms with Crippen LogP contribution in [0.25, 0.3) is 0 Å². The Morgan fingerprint density at radius 1 is 0.889 bits per heavy atom. The van der Waals surface area contributed by atoms with E-state index in [4.69, 9.17) is 19.3 Å². The van der Waals surface area contributed by atoms with Crippen molar-refractivity contribution in [2.24, 2.45) is 0 Å². The minimum Gasteiger partial charge on any atom is -0.488 e. The van der Waals surface area contributed by atoms with E-state index in [1.807, 2.05) is 0 Å². The number of hydrogen-bond acceptors (Lipinski definition) is 9. The summed E-state index contributed by atoms with van der Waals surface area (Å²) in [6, 6.07) is 0.396. The maximum atomic E-state index is 14.1. The zero-order chi connectivity index (χ0) is 39.8. The summed E-state index contributed by atoms with van der Waals surface area (Å²) >= 11 is 0. The Balaban J connectivity index is 1.83. The van der Waals surface area contributed by atoms with E-state index in [0.29, 0.717) is 31.0 Å². The lowest BCUT2D eigenvalue weighted by Crippen LogP contribution is -2.48. The van der Waals surface area contributed by atoms with Crippen LogP contribution in [0, 0.1) is 0 Å². The van der Waals surface area contributed by atoms with Crippen molar-refractivity contribution < 1.29 is 68.4 Å². The number of unbranched alkanes of at least 4 members (excludes halogenated alkanes) is 2. The SMILES string of the molecule is CC[C@@H]1C[C@@H](N(Cc2cc(C(F)(F)F)cc(C(F)(F)F)c2)c2ncc(OCCOC)cn2)c2nc(C(F)(F)F)ccc2N1C(=O)OCCCCCC(=O)O. The van der Waals surface area contributed by atoms with Gasteiger partial charge in [-0.15, -0.1) is 0 Å². The van der Waals surface area contributed by atoms with Gasteiger partial charge in [-0.1, -0.05) is 6.92 Å². The lowest BCUT2D eigenvalue weighted by molar-refractivity contribution is -0.143. The molecule has 296 valence electrons. The predicted octanol–water partition coefficient (Wildman–Crippen LogP) is 8.47. The molecule has 20 heteroatoms. The van der Waals surface area contributed by atoms with Gasteiger partial charge < -0.3 is 24.2 Å². The van der Waals surface area contributed by atoms with Gasteiger partial charge in [-0.05, 0) is 68.0 Å². The molecule has 0 unspecified atom stereocenters. The summed E-state index contributed by atoms with van der Waals surface area (Å²) in [5.41, 5.74) is -5.66. The van der Waals surface area contributed by atoms with Gasteiger partial charge in [-0.3, -0.25) is 9.69 Å². The average Bonchev–Trinajstić information content (AvgIpc) is 3.10. The van der Waals surface area contributed by atoms with Crippen LogP contribution < -0.4 is 14.5 Å². The number of ether oxygens (including phenoxy) is 3.